The summed E-state index contributed by atoms with van der Waals surface area (Å²) in [5.41, 5.74) is 6.46. The van der Waals surface area contributed by atoms with Crippen molar-refractivity contribution >= 4 is 63.7 Å². The first-order valence-electron chi connectivity index (χ1n) is 5.40. The number of amides is 1. The van der Waals surface area contributed by atoms with E-state index in [1.54, 1.807) is 18.2 Å². The Morgan fingerprint density at radius 1 is 1.05 bits per heavy atom. The summed E-state index contributed by atoms with van der Waals surface area (Å²) in [7, 11) is 0. The predicted molar refractivity (Wildman–Crippen MR) is 85.3 cm³/mol. The van der Waals surface area contributed by atoms with Crippen LogP contribution in [0.1, 0.15) is 10.4 Å². The van der Waals surface area contributed by atoms with Gasteiger partial charge in [0.25, 0.3) is 5.91 Å². The van der Waals surface area contributed by atoms with Crippen molar-refractivity contribution in [1.29, 1.82) is 0 Å². The van der Waals surface area contributed by atoms with Gasteiger partial charge in [-0.1, -0.05) is 52.5 Å². The summed E-state index contributed by atoms with van der Waals surface area (Å²) in [6, 6.07) is 7.73. The van der Waals surface area contributed by atoms with Gasteiger partial charge < -0.3 is 11.1 Å². The number of hydrogen-bond acceptors (Lipinski definition) is 2. The van der Waals surface area contributed by atoms with Crippen LogP contribution in [0.15, 0.2) is 30.3 Å². The maximum atomic E-state index is 12.2. The third-order valence-corrected chi connectivity index (χ3v) is 3.75. The molecule has 2 aromatic rings. The number of hydrogen-bond donors (Lipinski definition) is 2. The van der Waals surface area contributed by atoms with E-state index in [2.05, 4.69) is 5.32 Å². The summed E-state index contributed by atoms with van der Waals surface area (Å²) >= 11 is 23.8. The minimum absolute atomic E-state index is 0.172. The van der Waals surface area contributed by atoms with Crippen molar-refractivity contribution in [2.45, 2.75) is 0 Å². The second-order valence-corrected chi connectivity index (χ2v) is 5.54. The van der Waals surface area contributed by atoms with E-state index in [1.165, 1.54) is 12.1 Å². The lowest BCUT2D eigenvalue weighted by molar-refractivity contribution is 0.102. The molecule has 2 aromatic carbocycles. The topological polar surface area (TPSA) is 55.1 Å². The normalized spacial score (nSPS) is 10.4. The van der Waals surface area contributed by atoms with E-state index >= 15 is 0 Å². The number of rotatable bonds is 2. The summed E-state index contributed by atoms with van der Waals surface area (Å²) in [6.07, 6.45) is 0. The Hall–Kier alpha value is -1.13. The molecule has 0 bridgehead atoms. The van der Waals surface area contributed by atoms with E-state index in [0.717, 1.165) is 0 Å². The summed E-state index contributed by atoms with van der Waals surface area (Å²) in [6.45, 7) is 0. The van der Waals surface area contributed by atoms with Crippen molar-refractivity contribution in [2.24, 2.45) is 0 Å². The predicted octanol–water partition coefficient (Wildman–Crippen LogP) is 5.13. The lowest BCUT2D eigenvalue weighted by Gasteiger charge is -2.11. The first-order chi connectivity index (χ1) is 9.40. The molecule has 0 saturated heterocycles. The Balaban J connectivity index is 2.36. The van der Waals surface area contributed by atoms with Crippen LogP contribution in [0.25, 0.3) is 0 Å². The molecule has 0 atom stereocenters. The van der Waals surface area contributed by atoms with E-state index < -0.39 is 5.91 Å². The smallest absolute Gasteiger partial charge is 0.257 e. The molecule has 7 heteroatoms. The maximum Gasteiger partial charge on any atom is 0.257 e. The molecule has 3 N–H and O–H groups in total. The largest absolute Gasteiger partial charge is 0.398 e. The minimum atomic E-state index is -0.464. The number of anilines is 2. The Labute approximate surface area is 135 Å². The average Bonchev–Trinajstić information content (AvgIpc) is 2.36. The van der Waals surface area contributed by atoms with Crippen LogP contribution < -0.4 is 11.1 Å². The van der Waals surface area contributed by atoms with Gasteiger partial charge in [-0.15, -0.1) is 0 Å². The second-order valence-electron chi connectivity index (χ2n) is 3.91. The van der Waals surface area contributed by atoms with E-state index in [-0.39, 0.29) is 26.3 Å². The minimum Gasteiger partial charge on any atom is -0.398 e. The molecular weight excluding hydrogens is 342 g/mol. The molecule has 20 heavy (non-hydrogen) atoms. The molecule has 0 spiro atoms. The fourth-order valence-electron chi connectivity index (χ4n) is 1.57. The van der Waals surface area contributed by atoms with Crippen molar-refractivity contribution in [2.75, 3.05) is 11.1 Å². The number of halogens is 4. The molecule has 0 aliphatic carbocycles. The van der Waals surface area contributed by atoms with E-state index in [4.69, 9.17) is 52.1 Å². The molecule has 0 fully saturated rings. The SMILES string of the molecule is Nc1cccc(C(=O)Nc2c(Cl)cc(Cl)cc2Cl)c1Cl. The summed E-state index contributed by atoms with van der Waals surface area (Å²) in [5.74, 6) is -0.464. The number of carbonyl (C=O) groups is 1. The number of nitrogen functional groups attached to an aromatic ring is 1. The monoisotopic (exact) mass is 348 g/mol. The van der Waals surface area contributed by atoms with Crippen LogP contribution in [-0.2, 0) is 0 Å². The van der Waals surface area contributed by atoms with Gasteiger partial charge in [-0.05, 0) is 24.3 Å². The van der Waals surface area contributed by atoms with Gasteiger partial charge in [0, 0.05) is 5.02 Å². The number of nitrogens with two attached hydrogens (primary N) is 1. The Bertz CT molecular complexity index is 665. The number of carbonyl (C=O) groups excluding carboxylic acids is 1. The molecule has 0 unspecified atom stereocenters. The quantitative estimate of drug-likeness (QED) is 0.738. The van der Waals surface area contributed by atoms with Gasteiger partial charge in [0.1, 0.15) is 0 Å². The highest BCUT2D eigenvalue weighted by Crippen LogP contribution is 2.34. The lowest BCUT2D eigenvalue weighted by Crippen LogP contribution is -2.13. The zero-order valence-electron chi connectivity index (χ0n) is 9.88. The lowest BCUT2D eigenvalue weighted by atomic mass is 10.2. The van der Waals surface area contributed by atoms with Gasteiger partial charge in [0.2, 0.25) is 0 Å². The number of nitrogens with one attached hydrogen (secondary N) is 1. The van der Waals surface area contributed by atoms with E-state index in [1.807, 2.05) is 0 Å². The third kappa shape index (κ3) is 3.13. The molecule has 0 aromatic heterocycles. The fourth-order valence-corrected chi connectivity index (χ4v) is 2.69. The molecule has 0 heterocycles. The van der Waals surface area contributed by atoms with E-state index in [9.17, 15) is 4.79 Å². The average molecular weight is 350 g/mol. The summed E-state index contributed by atoms with van der Waals surface area (Å²) in [5, 5.41) is 3.60. The molecule has 104 valence electrons. The van der Waals surface area contributed by atoms with Gasteiger partial charge in [-0.2, -0.15) is 0 Å². The molecular formula is C13H8Cl4N2O. The van der Waals surface area contributed by atoms with Crippen LogP contribution in [0.2, 0.25) is 20.1 Å². The molecule has 1 amide bonds. The van der Waals surface area contributed by atoms with E-state index in [0.29, 0.717) is 10.7 Å². The third-order valence-electron chi connectivity index (χ3n) is 2.52. The van der Waals surface area contributed by atoms with Gasteiger partial charge >= 0.3 is 0 Å². The molecule has 2 rings (SSSR count). The highest BCUT2D eigenvalue weighted by molar-refractivity contribution is 6.43. The van der Waals surface area contributed by atoms with Crippen molar-refractivity contribution in [3.8, 4) is 0 Å². The Kier molecular flexibility index (Phi) is 4.66. The standard InChI is InChI=1S/C13H8Cl4N2O/c14-6-4-8(15)12(9(16)5-6)19-13(20)7-2-1-3-10(18)11(7)17/h1-5H,18H2,(H,19,20). The van der Waals surface area contributed by atoms with Crippen molar-refractivity contribution in [3.63, 3.8) is 0 Å². The van der Waals surface area contributed by atoms with Crippen molar-refractivity contribution in [1.82, 2.24) is 0 Å². The molecule has 0 radical (unpaired) electrons. The highest BCUT2D eigenvalue weighted by Gasteiger charge is 2.16. The first-order valence-corrected chi connectivity index (χ1v) is 6.91. The zero-order chi connectivity index (χ0) is 14.9. The maximum absolute atomic E-state index is 12.2. The highest BCUT2D eigenvalue weighted by atomic mass is 35.5. The van der Waals surface area contributed by atoms with Crippen molar-refractivity contribution < 1.29 is 4.79 Å². The molecule has 0 aliphatic heterocycles. The zero-order valence-corrected chi connectivity index (χ0v) is 12.9. The molecule has 3 nitrogen and oxygen atoms in total. The van der Waals surface area contributed by atoms with Gasteiger partial charge in [-0.25, -0.2) is 0 Å². The Morgan fingerprint density at radius 2 is 1.65 bits per heavy atom. The van der Waals surface area contributed by atoms with Crippen LogP contribution in [-0.4, -0.2) is 5.91 Å². The van der Waals surface area contributed by atoms with Gasteiger partial charge in [0.05, 0.1) is 32.0 Å². The molecule has 0 aliphatic rings. The van der Waals surface area contributed by atoms with Gasteiger partial charge in [-0.3, -0.25) is 4.79 Å². The van der Waals surface area contributed by atoms with Crippen molar-refractivity contribution in [3.05, 3.63) is 56.0 Å². The second kappa shape index (κ2) is 6.10. The summed E-state index contributed by atoms with van der Waals surface area (Å²) < 4.78 is 0. The first kappa shape index (κ1) is 15.3. The van der Waals surface area contributed by atoms with Crippen LogP contribution in [0.3, 0.4) is 0 Å². The van der Waals surface area contributed by atoms with Crippen LogP contribution >= 0.6 is 46.4 Å². The fraction of sp³-hybridized carbons (Fsp3) is 0. The van der Waals surface area contributed by atoms with Gasteiger partial charge in [0.15, 0.2) is 0 Å². The van der Waals surface area contributed by atoms with Crippen LogP contribution in [0.4, 0.5) is 11.4 Å². The number of benzene rings is 2. The molecule has 0 saturated carbocycles. The van der Waals surface area contributed by atoms with Crippen LogP contribution in [0, 0.1) is 0 Å². The van der Waals surface area contributed by atoms with Crippen LogP contribution in [0.5, 0.6) is 0 Å². The summed E-state index contributed by atoms with van der Waals surface area (Å²) in [4.78, 5) is 12.2. The Morgan fingerprint density at radius 3 is 2.25 bits per heavy atom.